The molecule has 2 N–H and O–H groups in total. The summed E-state index contributed by atoms with van der Waals surface area (Å²) in [5, 5.41) is 10.8. The third kappa shape index (κ3) is 4.75. The molecule has 7 heteroatoms. The van der Waals surface area contributed by atoms with E-state index in [1.807, 2.05) is 26.0 Å². The molecule has 0 spiro atoms. The van der Waals surface area contributed by atoms with E-state index >= 15 is 0 Å². The Morgan fingerprint density at radius 1 is 1.43 bits per heavy atom. The Labute approximate surface area is 132 Å². The van der Waals surface area contributed by atoms with E-state index in [1.165, 1.54) is 11.8 Å². The summed E-state index contributed by atoms with van der Waals surface area (Å²) in [6, 6.07) is 7.40. The Balaban J connectivity index is 1.83. The molecule has 2 rings (SSSR count). The first-order valence-corrected chi connectivity index (χ1v) is 7.94. The summed E-state index contributed by atoms with van der Waals surface area (Å²) in [4.78, 5) is 16.3. The number of carbonyl (C=O) groups is 1. The molecule has 1 atom stereocenters. The second-order valence-corrected chi connectivity index (χ2v) is 6.27. The van der Waals surface area contributed by atoms with Gasteiger partial charge in [0.2, 0.25) is 11.1 Å². The quantitative estimate of drug-likeness (QED) is 0.802. The topological polar surface area (TPSA) is 70.7 Å². The number of nitrogens with zero attached hydrogens (tertiary/aromatic N) is 2. The Kier molecular flexibility index (Phi) is 5.64. The molecule has 1 aromatic carbocycles. The number of hydrogen-bond acceptors (Lipinski definition) is 4. The van der Waals surface area contributed by atoms with Crippen molar-refractivity contribution in [3.8, 4) is 0 Å². The summed E-state index contributed by atoms with van der Waals surface area (Å²) in [7, 11) is 0. The molecule has 0 aliphatic carbocycles. The molecule has 1 unspecified atom stereocenters. The van der Waals surface area contributed by atoms with E-state index in [0.717, 1.165) is 17.8 Å². The summed E-state index contributed by atoms with van der Waals surface area (Å²) in [6.45, 7) is 4.32. The van der Waals surface area contributed by atoms with Gasteiger partial charge >= 0.3 is 0 Å². The predicted molar refractivity (Wildman–Crippen MR) is 84.4 cm³/mol. The number of carbonyl (C=O) groups excluding carboxylic acids is 1. The van der Waals surface area contributed by atoms with Gasteiger partial charge in [-0.05, 0) is 24.6 Å². The molecular weight excluding hydrogens is 308 g/mol. The van der Waals surface area contributed by atoms with Gasteiger partial charge in [-0.25, -0.2) is 4.98 Å². The number of aromatic nitrogens is 3. The molecule has 0 fully saturated rings. The van der Waals surface area contributed by atoms with Crippen LogP contribution < -0.4 is 5.32 Å². The minimum Gasteiger partial charge on any atom is -0.351 e. The molecule has 112 valence electrons. The van der Waals surface area contributed by atoms with Gasteiger partial charge in [0.15, 0.2) is 0 Å². The summed E-state index contributed by atoms with van der Waals surface area (Å²) in [5.41, 5.74) is 1.01. The van der Waals surface area contributed by atoms with Gasteiger partial charge in [-0.3, -0.25) is 9.89 Å². The highest BCUT2D eigenvalue weighted by molar-refractivity contribution is 8.00. The van der Waals surface area contributed by atoms with Crippen LogP contribution in [-0.2, 0) is 17.8 Å². The third-order valence-corrected chi connectivity index (χ3v) is 4.09. The van der Waals surface area contributed by atoms with Crippen molar-refractivity contribution in [2.45, 2.75) is 37.2 Å². The molecule has 2 aromatic rings. The second-order valence-electron chi connectivity index (χ2n) is 4.52. The Hall–Kier alpha value is -1.53. The summed E-state index contributed by atoms with van der Waals surface area (Å²) in [5.74, 6) is 0.782. The molecule has 1 heterocycles. The zero-order valence-corrected chi connectivity index (χ0v) is 13.5. The van der Waals surface area contributed by atoms with E-state index in [1.54, 1.807) is 12.1 Å². The number of thioether (sulfide) groups is 1. The Morgan fingerprint density at radius 2 is 2.14 bits per heavy atom. The van der Waals surface area contributed by atoms with Crippen molar-refractivity contribution in [2.24, 2.45) is 0 Å². The van der Waals surface area contributed by atoms with Crippen LogP contribution in [0.2, 0.25) is 5.02 Å². The average molecular weight is 325 g/mol. The van der Waals surface area contributed by atoms with E-state index in [9.17, 15) is 4.79 Å². The molecule has 0 saturated carbocycles. The lowest BCUT2D eigenvalue weighted by molar-refractivity contribution is -0.120. The molecule has 0 radical (unpaired) electrons. The maximum atomic E-state index is 12.0. The SMILES string of the molecule is CCc1nc(SC(C)C(=O)NCc2ccc(Cl)cc2)n[nH]1. The molecular formula is C14H17ClN4OS. The fourth-order valence-corrected chi connectivity index (χ4v) is 2.53. The summed E-state index contributed by atoms with van der Waals surface area (Å²) >= 11 is 7.16. The van der Waals surface area contributed by atoms with E-state index in [4.69, 9.17) is 11.6 Å². The first-order chi connectivity index (χ1) is 10.1. The summed E-state index contributed by atoms with van der Waals surface area (Å²) in [6.07, 6.45) is 0.796. The predicted octanol–water partition coefficient (Wildman–Crippen LogP) is 2.82. The van der Waals surface area contributed by atoms with E-state index in [0.29, 0.717) is 16.7 Å². The van der Waals surface area contributed by atoms with Crippen molar-refractivity contribution in [2.75, 3.05) is 0 Å². The van der Waals surface area contributed by atoms with Gasteiger partial charge in [0.25, 0.3) is 0 Å². The highest BCUT2D eigenvalue weighted by atomic mass is 35.5. The number of rotatable bonds is 6. The standard InChI is InChI=1S/C14H17ClN4OS/c1-3-12-17-14(19-18-12)21-9(2)13(20)16-8-10-4-6-11(15)7-5-10/h4-7,9H,3,8H2,1-2H3,(H,16,20)(H,17,18,19). The number of nitrogens with one attached hydrogen (secondary N) is 2. The van der Waals surface area contributed by atoms with Crippen LogP contribution in [0.25, 0.3) is 0 Å². The minimum absolute atomic E-state index is 0.0437. The first-order valence-electron chi connectivity index (χ1n) is 6.68. The number of H-pyrrole nitrogens is 1. The maximum Gasteiger partial charge on any atom is 0.233 e. The van der Waals surface area contributed by atoms with Gasteiger partial charge in [0.05, 0.1) is 5.25 Å². The lowest BCUT2D eigenvalue weighted by Crippen LogP contribution is -2.30. The number of amides is 1. The van der Waals surface area contributed by atoms with Crippen LogP contribution in [0.4, 0.5) is 0 Å². The minimum atomic E-state index is -0.252. The van der Waals surface area contributed by atoms with Crippen molar-refractivity contribution >= 4 is 29.3 Å². The van der Waals surface area contributed by atoms with Crippen LogP contribution in [0.3, 0.4) is 0 Å². The van der Waals surface area contributed by atoms with Gasteiger partial charge < -0.3 is 5.32 Å². The van der Waals surface area contributed by atoms with E-state index in [2.05, 4.69) is 20.5 Å². The fraction of sp³-hybridized carbons (Fsp3) is 0.357. The van der Waals surface area contributed by atoms with E-state index < -0.39 is 0 Å². The van der Waals surface area contributed by atoms with Crippen molar-refractivity contribution in [1.82, 2.24) is 20.5 Å². The van der Waals surface area contributed by atoms with Gasteiger partial charge in [-0.15, -0.1) is 5.10 Å². The highest BCUT2D eigenvalue weighted by Gasteiger charge is 2.16. The van der Waals surface area contributed by atoms with Crippen molar-refractivity contribution in [3.63, 3.8) is 0 Å². The second kappa shape index (κ2) is 7.47. The van der Waals surface area contributed by atoms with Crippen molar-refractivity contribution < 1.29 is 4.79 Å². The van der Waals surface area contributed by atoms with Crippen LogP contribution in [0.1, 0.15) is 25.2 Å². The molecule has 5 nitrogen and oxygen atoms in total. The normalized spacial score (nSPS) is 12.1. The number of hydrogen-bond donors (Lipinski definition) is 2. The average Bonchev–Trinajstić information content (AvgIpc) is 2.94. The number of aromatic amines is 1. The van der Waals surface area contributed by atoms with E-state index in [-0.39, 0.29) is 11.2 Å². The van der Waals surface area contributed by atoms with Gasteiger partial charge in [0, 0.05) is 18.0 Å². The first kappa shape index (κ1) is 15.9. The van der Waals surface area contributed by atoms with Gasteiger partial charge in [0.1, 0.15) is 5.82 Å². The van der Waals surface area contributed by atoms with Crippen molar-refractivity contribution in [1.29, 1.82) is 0 Å². The number of benzene rings is 1. The molecule has 0 aliphatic rings. The van der Waals surface area contributed by atoms with Crippen LogP contribution in [0.5, 0.6) is 0 Å². The van der Waals surface area contributed by atoms with Crippen LogP contribution in [0.15, 0.2) is 29.4 Å². The van der Waals surface area contributed by atoms with Crippen LogP contribution in [0, 0.1) is 0 Å². The highest BCUT2D eigenvalue weighted by Crippen LogP contribution is 2.19. The zero-order chi connectivity index (χ0) is 15.2. The lowest BCUT2D eigenvalue weighted by Gasteiger charge is -2.10. The molecule has 21 heavy (non-hydrogen) atoms. The Bertz CT molecular complexity index is 599. The van der Waals surface area contributed by atoms with Gasteiger partial charge in [-0.1, -0.05) is 42.4 Å². The molecule has 0 saturated heterocycles. The molecule has 0 bridgehead atoms. The zero-order valence-electron chi connectivity index (χ0n) is 11.9. The number of halogens is 1. The van der Waals surface area contributed by atoms with Crippen LogP contribution >= 0.6 is 23.4 Å². The van der Waals surface area contributed by atoms with Gasteiger partial charge in [-0.2, -0.15) is 0 Å². The van der Waals surface area contributed by atoms with Crippen LogP contribution in [-0.4, -0.2) is 26.3 Å². The third-order valence-electron chi connectivity index (χ3n) is 2.88. The lowest BCUT2D eigenvalue weighted by atomic mass is 10.2. The monoisotopic (exact) mass is 324 g/mol. The summed E-state index contributed by atoms with van der Waals surface area (Å²) < 4.78 is 0. The molecule has 0 aliphatic heterocycles. The maximum absolute atomic E-state index is 12.0. The smallest absolute Gasteiger partial charge is 0.233 e. The Morgan fingerprint density at radius 3 is 2.76 bits per heavy atom. The van der Waals surface area contributed by atoms with Crippen molar-refractivity contribution in [3.05, 3.63) is 40.7 Å². The fourth-order valence-electron chi connectivity index (χ4n) is 1.64. The molecule has 1 aromatic heterocycles. The largest absolute Gasteiger partial charge is 0.351 e. The number of aryl methyl sites for hydroxylation is 1. The molecule has 1 amide bonds.